The van der Waals surface area contributed by atoms with Gasteiger partial charge in [-0.2, -0.15) is 0 Å². The molecule has 0 spiro atoms. The molecule has 0 aromatic carbocycles. The van der Waals surface area contributed by atoms with Gasteiger partial charge in [-0.05, 0) is 12.3 Å². The zero-order valence-electron chi connectivity index (χ0n) is 10.9. The summed E-state index contributed by atoms with van der Waals surface area (Å²) in [5.41, 5.74) is 0. The van der Waals surface area contributed by atoms with Crippen LogP contribution in [0.25, 0.3) is 0 Å². The standard InChI is InChI=1S/C12H22N2O4/c1-9(2)5-3-4-6-10(11(16)17)14-12(18)13-7-8-15/h8-10H,3-7H2,1-2H3,(H,16,17)(H2,13,14,18). The number of carbonyl (C=O) groups is 3. The lowest BCUT2D eigenvalue weighted by Crippen LogP contribution is -2.46. The van der Waals surface area contributed by atoms with Crippen LogP contribution in [0.3, 0.4) is 0 Å². The van der Waals surface area contributed by atoms with Crippen LogP contribution in [0, 0.1) is 5.92 Å². The monoisotopic (exact) mass is 258 g/mol. The Balaban J connectivity index is 3.95. The number of aldehydes is 1. The Morgan fingerprint density at radius 2 is 1.83 bits per heavy atom. The Morgan fingerprint density at radius 3 is 2.33 bits per heavy atom. The molecule has 0 aliphatic rings. The second-order valence-corrected chi connectivity index (χ2v) is 4.59. The first-order chi connectivity index (χ1) is 8.47. The average Bonchev–Trinajstić information content (AvgIpc) is 2.29. The molecule has 2 amide bonds. The SMILES string of the molecule is CC(C)CCCCC(NC(=O)NCC=O)C(=O)O. The van der Waals surface area contributed by atoms with Crippen LogP contribution in [0.2, 0.25) is 0 Å². The first kappa shape index (κ1) is 16.4. The molecule has 0 radical (unpaired) electrons. The highest BCUT2D eigenvalue weighted by atomic mass is 16.4. The Morgan fingerprint density at radius 1 is 1.22 bits per heavy atom. The Bertz CT molecular complexity index is 279. The summed E-state index contributed by atoms with van der Waals surface area (Å²) >= 11 is 0. The normalized spacial score (nSPS) is 11.9. The number of rotatable bonds is 9. The van der Waals surface area contributed by atoms with E-state index < -0.39 is 18.0 Å². The first-order valence-corrected chi connectivity index (χ1v) is 6.18. The highest BCUT2D eigenvalue weighted by Gasteiger charge is 2.18. The van der Waals surface area contributed by atoms with Gasteiger partial charge in [-0.25, -0.2) is 9.59 Å². The molecule has 6 nitrogen and oxygen atoms in total. The molecule has 0 fully saturated rings. The number of carbonyl (C=O) groups excluding carboxylic acids is 2. The van der Waals surface area contributed by atoms with E-state index >= 15 is 0 Å². The summed E-state index contributed by atoms with van der Waals surface area (Å²) in [5, 5.41) is 13.5. The van der Waals surface area contributed by atoms with Gasteiger partial charge in [-0.3, -0.25) is 0 Å². The molecule has 0 aliphatic heterocycles. The molecular formula is C12H22N2O4. The maximum Gasteiger partial charge on any atom is 0.326 e. The molecule has 0 aromatic rings. The molecule has 0 saturated heterocycles. The van der Waals surface area contributed by atoms with E-state index in [0.29, 0.717) is 18.6 Å². The topological polar surface area (TPSA) is 95.5 Å². The summed E-state index contributed by atoms with van der Waals surface area (Å²) in [6, 6.07) is -1.53. The molecule has 3 N–H and O–H groups in total. The fourth-order valence-corrected chi connectivity index (χ4v) is 1.50. The molecule has 0 saturated carbocycles. The molecule has 1 atom stereocenters. The van der Waals surface area contributed by atoms with Gasteiger partial charge in [0.1, 0.15) is 12.3 Å². The van der Waals surface area contributed by atoms with Gasteiger partial charge in [0, 0.05) is 0 Å². The molecule has 0 aliphatic carbocycles. The summed E-state index contributed by atoms with van der Waals surface area (Å²) in [4.78, 5) is 32.2. The molecule has 6 heteroatoms. The summed E-state index contributed by atoms with van der Waals surface area (Å²) in [6.07, 6.45) is 3.68. The van der Waals surface area contributed by atoms with Crippen molar-refractivity contribution in [2.45, 2.75) is 45.6 Å². The van der Waals surface area contributed by atoms with Gasteiger partial charge in [0.15, 0.2) is 0 Å². The van der Waals surface area contributed by atoms with Crippen molar-refractivity contribution in [1.82, 2.24) is 10.6 Å². The summed E-state index contributed by atoms with van der Waals surface area (Å²) in [7, 11) is 0. The predicted molar refractivity (Wildman–Crippen MR) is 67.3 cm³/mol. The van der Waals surface area contributed by atoms with E-state index in [0.717, 1.165) is 19.3 Å². The van der Waals surface area contributed by atoms with Gasteiger partial charge in [-0.15, -0.1) is 0 Å². The van der Waals surface area contributed by atoms with Crippen molar-refractivity contribution in [2.24, 2.45) is 5.92 Å². The molecule has 104 valence electrons. The van der Waals surface area contributed by atoms with Gasteiger partial charge in [0.25, 0.3) is 0 Å². The van der Waals surface area contributed by atoms with Crippen molar-refractivity contribution in [2.75, 3.05) is 6.54 Å². The van der Waals surface area contributed by atoms with Crippen LogP contribution in [0.5, 0.6) is 0 Å². The zero-order chi connectivity index (χ0) is 14.0. The summed E-state index contributed by atoms with van der Waals surface area (Å²) < 4.78 is 0. The number of hydrogen-bond donors (Lipinski definition) is 3. The van der Waals surface area contributed by atoms with Crippen molar-refractivity contribution < 1.29 is 19.5 Å². The number of carboxylic acids is 1. The number of hydrogen-bond acceptors (Lipinski definition) is 3. The summed E-state index contributed by atoms with van der Waals surface area (Å²) in [5.74, 6) is -0.460. The van der Waals surface area contributed by atoms with E-state index in [1.165, 1.54) is 0 Å². The van der Waals surface area contributed by atoms with E-state index in [4.69, 9.17) is 5.11 Å². The number of unbranched alkanes of at least 4 members (excludes halogenated alkanes) is 1. The van der Waals surface area contributed by atoms with Crippen molar-refractivity contribution in [3.05, 3.63) is 0 Å². The average molecular weight is 258 g/mol. The number of nitrogens with one attached hydrogen (secondary N) is 2. The maximum absolute atomic E-state index is 11.2. The first-order valence-electron chi connectivity index (χ1n) is 6.18. The van der Waals surface area contributed by atoms with Crippen LogP contribution in [0.15, 0.2) is 0 Å². The number of carboxylic acid groups (broad SMARTS) is 1. The predicted octanol–water partition coefficient (Wildman–Crippen LogP) is 1.15. The third kappa shape index (κ3) is 8.55. The summed E-state index contributed by atoms with van der Waals surface area (Å²) in [6.45, 7) is 4.10. The van der Waals surface area contributed by atoms with Crippen molar-refractivity contribution in [3.8, 4) is 0 Å². The molecule has 0 heterocycles. The highest BCUT2D eigenvalue weighted by Crippen LogP contribution is 2.09. The molecule has 0 aromatic heterocycles. The minimum atomic E-state index is -1.05. The van der Waals surface area contributed by atoms with Crippen molar-refractivity contribution in [3.63, 3.8) is 0 Å². The number of amides is 2. The second-order valence-electron chi connectivity index (χ2n) is 4.59. The van der Waals surface area contributed by atoms with Crippen molar-refractivity contribution >= 4 is 18.3 Å². The Labute approximate surface area is 107 Å². The lowest BCUT2D eigenvalue weighted by molar-refractivity contribution is -0.139. The Kier molecular flexibility index (Phi) is 8.61. The fraction of sp³-hybridized carbons (Fsp3) is 0.750. The quantitative estimate of drug-likeness (QED) is 0.427. The van der Waals surface area contributed by atoms with E-state index in [9.17, 15) is 14.4 Å². The third-order valence-electron chi connectivity index (χ3n) is 2.47. The second kappa shape index (κ2) is 9.44. The van der Waals surface area contributed by atoms with Crippen LogP contribution in [-0.2, 0) is 9.59 Å². The van der Waals surface area contributed by atoms with E-state index in [1.807, 2.05) is 0 Å². The van der Waals surface area contributed by atoms with Gasteiger partial charge in [0.2, 0.25) is 0 Å². The highest BCUT2D eigenvalue weighted by molar-refractivity contribution is 5.83. The van der Waals surface area contributed by atoms with E-state index in [1.54, 1.807) is 0 Å². The van der Waals surface area contributed by atoms with Crippen LogP contribution in [0.4, 0.5) is 4.79 Å². The third-order valence-corrected chi connectivity index (χ3v) is 2.47. The minimum absolute atomic E-state index is 0.120. The lowest BCUT2D eigenvalue weighted by atomic mass is 10.0. The number of urea groups is 1. The molecule has 1 unspecified atom stereocenters. The van der Waals surface area contributed by atoms with Gasteiger partial charge in [-0.1, -0.05) is 33.1 Å². The minimum Gasteiger partial charge on any atom is -0.480 e. The fourth-order valence-electron chi connectivity index (χ4n) is 1.50. The molecular weight excluding hydrogens is 236 g/mol. The molecule has 0 rings (SSSR count). The Hall–Kier alpha value is -1.59. The van der Waals surface area contributed by atoms with Crippen LogP contribution < -0.4 is 10.6 Å². The largest absolute Gasteiger partial charge is 0.480 e. The lowest BCUT2D eigenvalue weighted by Gasteiger charge is -2.14. The van der Waals surface area contributed by atoms with Crippen LogP contribution in [0.1, 0.15) is 39.5 Å². The van der Waals surface area contributed by atoms with Crippen molar-refractivity contribution in [1.29, 1.82) is 0 Å². The van der Waals surface area contributed by atoms with Gasteiger partial charge >= 0.3 is 12.0 Å². The van der Waals surface area contributed by atoms with Crippen LogP contribution >= 0.6 is 0 Å². The van der Waals surface area contributed by atoms with E-state index in [2.05, 4.69) is 24.5 Å². The maximum atomic E-state index is 11.2. The van der Waals surface area contributed by atoms with E-state index in [-0.39, 0.29) is 6.54 Å². The molecule has 0 bridgehead atoms. The molecule has 18 heavy (non-hydrogen) atoms. The van der Waals surface area contributed by atoms with Gasteiger partial charge in [0.05, 0.1) is 6.54 Å². The smallest absolute Gasteiger partial charge is 0.326 e. The number of aliphatic carboxylic acids is 1. The van der Waals surface area contributed by atoms with Crippen LogP contribution in [-0.4, -0.2) is 36.0 Å². The van der Waals surface area contributed by atoms with Gasteiger partial charge < -0.3 is 20.5 Å². The zero-order valence-corrected chi connectivity index (χ0v) is 10.9.